The van der Waals surface area contributed by atoms with Gasteiger partial charge in [-0.2, -0.15) is 23.4 Å². The second kappa shape index (κ2) is 5.62. The zero-order valence-corrected chi connectivity index (χ0v) is 11.9. The maximum atomic E-state index is 13.0. The Morgan fingerprint density at radius 2 is 2.00 bits per heavy atom. The van der Waals surface area contributed by atoms with Gasteiger partial charge in [-0.1, -0.05) is 0 Å². The third-order valence-electron chi connectivity index (χ3n) is 2.81. The van der Waals surface area contributed by atoms with Crippen LogP contribution in [-0.2, 0) is 19.8 Å². The average molecular weight is 313 g/mol. The molecule has 2 rings (SSSR count). The molecule has 0 saturated carbocycles. The first kappa shape index (κ1) is 15.7. The summed E-state index contributed by atoms with van der Waals surface area (Å²) < 4.78 is 40.1. The Morgan fingerprint density at radius 3 is 2.55 bits per heavy atom. The van der Waals surface area contributed by atoms with Crippen LogP contribution in [0, 0.1) is 6.92 Å². The normalized spacial score (nSPS) is 11.5. The van der Waals surface area contributed by atoms with E-state index >= 15 is 0 Å². The Balaban J connectivity index is 2.44. The molecule has 0 fully saturated rings. The maximum Gasteiger partial charge on any atom is 0.435 e. The van der Waals surface area contributed by atoms with Gasteiger partial charge in [0.2, 0.25) is 0 Å². The highest BCUT2D eigenvalue weighted by Crippen LogP contribution is 2.36. The molecule has 0 unspecified atom stereocenters. The summed E-state index contributed by atoms with van der Waals surface area (Å²) in [6.45, 7) is 1.74. The third-order valence-corrected chi connectivity index (χ3v) is 2.81. The highest BCUT2D eigenvalue weighted by atomic mass is 19.4. The molecule has 22 heavy (non-hydrogen) atoms. The number of nitrogens with two attached hydrogens (primary N) is 2. The van der Waals surface area contributed by atoms with Crippen molar-refractivity contribution in [2.45, 2.75) is 19.6 Å². The van der Waals surface area contributed by atoms with E-state index in [1.54, 1.807) is 13.0 Å². The van der Waals surface area contributed by atoms with E-state index in [4.69, 9.17) is 11.5 Å². The first-order chi connectivity index (χ1) is 10.2. The van der Waals surface area contributed by atoms with Crippen LogP contribution in [0.4, 0.5) is 13.2 Å². The van der Waals surface area contributed by atoms with Crippen LogP contribution in [0.25, 0.3) is 11.3 Å². The van der Waals surface area contributed by atoms with Gasteiger partial charge in [0.1, 0.15) is 0 Å². The van der Waals surface area contributed by atoms with Crippen LogP contribution in [0.2, 0.25) is 0 Å². The van der Waals surface area contributed by atoms with Crippen molar-refractivity contribution in [2.24, 2.45) is 23.5 Å². The Morgan fingerprint density at radius 1 is 1.32 bits per heavy atom. The standard InChI is InChI=1S/C12H14F3N7/c1-6-3-7(4-18-11(16)17)19-20-9(6)8-5-22(2)21-10(8)12(13,14)15/h3,5H,4H2,1-2H3,(H4,16,17,18). The van der Waals surface area contributed by atoms with Gasteiger partial charge in [0.05, 0.1) is 23.5 Å². The Kier molecular flexibility index (Phi) is 4.02. The lowest BCUT2D eigenvalue weighted by molar-refractivity contribution is -0.141. The zero-order valence-electron chi connectivity index (χ0n) is 11.9. The van der Waals surface area contributed by atoms with Crippen LogP contribution in [-0.4, -0.2) is 25.9 Å². The summed E-state index contributed by atoms with van der Waals surface area (Å²) in [5.41, 5.74) is 10.4. The molecule has 2 heterocycles. The monoisotopic (exact) mass is 313 g/mol. The zero-order chi connectivity index (χ0) is 16.5. The van der Waals surface area contributed by atoms with Crippen molar-refractivity contribution in [3.63, 3.8) is 0 Å². The fourth-order valence-electron chi connectivity index (χ4n) is 1.93. The molecule has 0 saturated heterocycles. The summed E-state index contributed by atoms with van der Waals surface area (Å²) in [4.78, 5) is 3.77. The van der Waals surface area contributed by atoms with E-state index in [1.807, 2.05) is 0 Å². The Hall–Kier alpha value is -2.65. The largest absolute Gasteiger partial charge is 0.435 e. The minimum atomic E-state index is -4.57. The summed E-state index contributed by atoms with van der Waals surface area (Å²) in [7, 11) is 1.41. The van der Waals surface area contributed by atoms with E-state index in [1.165, 1.54) is 13.2 Å². The average Bonchev–Trinajstić information content (AvgIpc) is 2.78. The van der Waals surface area contributed by atoms with Gasteiger partial charge in [-0.25, -0.2) is 4.99 Å². The molecule has 0 aliphatic heterocycles. The van der Waals surface area contributed by atoms with Gasteiger partial charge in [0.15, 0.2) is 11.7 Å². The van der Waals surface area contributed by atoms with E-state index in [2.05, 4.69) is 20.3 Å². The topological polar surface area (TPSA) is 108 Å². The Labute approximate surface area is 123 Å². The summed E-state index contributed by atoms with van der Waals surface area (Å²) in [6.07, 6.45) is -3.31. The number of aromatic nitrogens is 4. The highest BCUT2D eigenvalue weighted by Gasteiger charge is 2.38. The SMILES string of the molecule is Cc1cc(CN=C(N)N)nnc1-c1cn(C)nc1C(F)(F)F. The molecule has 0 bridgehead atoms. The van der Waals surface area contributed by atoms with Gasteiger partial charge in [0.25, 0.3) is 0 Å². The van der Waals surface area contributed by atoms with Crippen LogP contribution in [0.5, 0.6) is 0 Å². The molecular formula is C12H14F3N7. The summed E-state index contributed by atoms with van der Waals surface area (Å²) in [6, 6.07) is 1.59. The molecule has 0 aliphatic carbocycles. The van der Waals surface area contributed by atoms with Crippen LogP contribution in [0.3, 0.4) is 0 Å². The number of rotatable bonds is 3. The van der Waals surface area contributed by atoms with Crippen molar-refractivity contribution >= 4 is 5.96 Å². The molecule has 7 nitrogen and oxygen atoms in total. The molecule has 0 spiro atoms. The third kappa shape index (κ3) is 3.32. The quantitative estimate of drug-likeness (QED) is 0.648. The van der Waals surface area contributed by atoms with Crippen molar-refractivity contribution in [3.05, 3.63) is 29.2 Å². The van der Waals surface area contributed by atoms with Crippen LogP contribution in [0.1, 0.15) is 17.0 Å². The van der Waals surface area contributed by atoms with E-state index in [9.17, 15) is 13.2 Å². The number of hydrogen-bond acceptors (Lipinski definition) is 4. The lowest BCUT2D eigenvalue weighted by Crippen LogP contribution is -2.22. The summed E-state index contributed by atoms with van der Waals surface area (Å²) in [5.74, 6) is -0.102. The molecule has 0 aliphatic rings. The van der Waals surface area contributed by atoms with Gasteiger partial charge in [-0.05, 0) is 18.6 Å². The smallest absolute Gasteiger partial charge is 0.370 e. The van der Waals surface area contributed by atoms with Crippen molar-refractivity contribution in [1.29, 1.82) is 0 Å². The van der Waals surface area contributed by atoms with Crippen molar-refractivity contribution in [3.8, 4) is 11.3 Å². The molecule has 0 aromatic carbocycles. The first-order valence-electron chi connectivity index (χ1n) is 6.18. The van der Waals surface area contributed by atoms with Gasteiger partial charge in [-0.15, -0.1) is 5.10 Å². The van der Waals surface area contributed by atoms with E-state index in [0.29, 0.717) is 11.3 Å². The number of guanidine groups is 1. The number of halogens is 3. The fourth-order valence-corrected chi connectivity index (χ4v) is 1.93. The van der Waals surface area contributed by atoms with Crippen molar-refractivity contribution < 1.29 is 13.2 Å². The van der Waals surface area contributed by atoms with Crippen molar-refractivity contribution in [1.82, 2.24) is 20.0 Å². The molecular weight excluding hydrogens is 299 g/mol. The maximum absolute atomic E-state index is 13.0. The summed E-state index contributed by atoms with van der Waals surface area (Å²) in [5, 5.41) is 11.2. The predicted molar refractivity (Wildman–Crippen MR) is 73.5 cm³/mol. The van der Waals surface area contributed by atoms with Gasteiger partial charge >= 0.3 is 6.18 Å². The number of nitrogens with zero attached hydrogens (tertiary/aromatic N) is 5. The highest BCUT2D eigenvalue weighted by molar-refractivity contribution is 5.75. The number of alkyl halides is 3. The van der Waals surface area contributed by atoms with Crippen LogP contribution >= 0.6 is 0 Å². The fraction of sp³-hybridized carbons (Fsp3) is 0.333. The molecule has 2 aromatic heterocycles. The molecule has 10 heteroatoms. The van der Waals surface area contributed by atoms with Crippen LogP contribution in [0.15, 0.2) is 17.3 Å². The minimum Gasteiger partial charge on any atom is -0.370 e. The summed E-state index contributed by atoms with van der Waals surface area (Å²) >= 11 is 0. The number of aliphatic imine (C=N–C) groups is 1. The van der Waals surface area contributed by atoms with Crippen molar-refractivity contribution in [2.75, 3.05) is 0 Å². The van der Waals surface area contributed by atoms with Crippen LogP contribution < -0.4 is 11.5 Å². The molecule has 0 atom stereocenters. The molecule has 118 valence electrons. The van der Waals surface area contributed by atoms with Gasteiger partial charge < -0.3 is 11.5 Å². The molecule has 2 aromatic rings. The Bertz CT molecular complexity index is 714. The second-order valence-electron chi connectivity index (χ2n) is 4.67. The van der Waals surface area contributed by atoms with E-state index < -0.39 is 11.9 Å². The number of aryl methyl sites for hydroxylation is 2. The molecule has 0 radical (unpaired) electrons. The predicted octanol–water partition coefficient (Wildman–Crippen LogP) is 0.978. The minimum absolute atomic E-state index is 0.102. The number of hydrogen-bond donors (Lipinski definition) is 2. The van der Waals surface area contributed by atoms with Gasteiger partial charge in [-0.3, -0.25) is 4.68 Å². The second-order valence-corrected chi connectivity index (χ2v) is 4.67. The lowest BCUT2D eigenvalue weighted by atomic mass is 10.1. The molecule has 4 N–H and O–H groups in total. The lowest BCUT2D eigenvalue weighted by Gasteiger charge is -2.08. The van der Waals surface area contributed by atoms with E-state index in [0.717, 1.165) is 4.68 Å². The van der Waals surface area contributed by atoms with E-state index in [-0.39, 0.29) is 23.8 Å². The molecule has 0 amide bonds. The van der Waals surface area contributed by atoms with Gasteiger partial charge in [0, 0.05) is 13.2 Å². The first-order valence-corrected chi connectivity index (χ1v) is 6.18.